The number of thioether (sulfide) groups is 1. The zero-order valence-corrected chi connectivity index (χ0v) is 7.60. The van der Waals surface area contributed by atoms with Crippen LogP contribution in [0.5, 0.6) is 0 Å². The summed E-state index contributed by atoms with van der Waals surface area (Å²) in [4.78, 5) is 0. The van der Waals surface area contributed by atoms with Gasteiger partial charge in [0.1, 0.15) is 0 Å². The van der Waals surface area contributed by atoms with E-state index in [-0.39, 0.29) is 0 Å². The summed E-state index contributed by atoms with van der Waals surface area (Å²) in [5.41, 5.74) is 2.62. The third-order valence-corrected chi connectivity index (χ3v) is 2.66. The highest BCUT2D eigenvalue weighted by Gasteiger charge is 2.03. The Morgan fingerprint density at radius 3 is 2.75 bits per heavy atom. The van der Waals surface area contributed by atoms with Crippen molar-refractivity contribution in [3.05, 3.63) is 41.6 Å². The lowest BCUT2D eigenvalue weighted by Gasteiger charge is -1.96. The van der Waals surface area contributed by atoms with Crippen LogP contribution in [0.15, 0.2) is 36.0 Å². The maximum absolute atomic E-state index is 3.33. The second-order valence-electron chi connectivity index (χ2n) is 2.75. The fourth-order valence-electron chi connectivity index (χ4n) is 1.20. The van der Waals surface area contributed by atoms with Crippen molar-refractivity contribution in [3.63, 3.8) is 0 Å². The molecule has 62 valence electrons. The van der Waals surface area contributed by atoms with Crippen molar-refractivity contribution in [2.24, 2.45) is 0 Å². The van der Waals surface area contributed by atoms with Crippen LogP contribution in [0.3, 0.4) is 0 Å². The molecule has 1 fully saturated rings. The number of hydrogen-bond donors (Lipinski definition) is 1. The fourth-order valence-corrected chi connectivity index (χ4v) is 1.99. The van der Waals surface area contributed by atoms with Gasteiger partial charge < -0.3 is 5.32 Å². The molecular weight excluding hydrogens is 166 g/mol. The molecule has 2 rings (SSSR count). The van der Waals surface area contributed by atoms with Gasteiger partial charge in [0.05, 0.1) is 5.88 Å². The summed E-state index contributed by atoms with van der Waals surface area (Å²) in [5, 5.41) is 3.33. The molecule has 1 N–H and O–H groups in total. The van der Waals surface area contributed by atoms with Crippen LogP contribution in [0.25, 0.3) is 6.08 Å². The van der Waals surface area contributed by atoms with Crippen molar-refractivity contribution in [2.45, 2.75) is 0 Å². The lowest BCUT2D eigenvalue weighted by molar-refractivity contribution is 1.01. The molecule has 1 aromatic rings. The third kappa shape index (κ3) is 1.83. The largest absolute Gasteiger partial charge is 0.379 e. The van der Waals surface area contributed by atoms with Crippen LogP contribution in [0.1, 0.15) is 5.56 Å². The molecule has 0 unspecified atom stereocenters. The molecule has 1 saturated heterocycles. The Morgan fingerprint density at radius 1 is 1.25 bits per heavy atom. The molecular formula is C10H11NS. The maximum Gasteiger partial charge on any atom is 0.0612 e. The fraction of sp³-hybridized carbons (Fsp3) is 0.200. The molecule has 0 saturated carbocycles. The van der Waals surface area contributed by atoms with Crippen molar-refractivity contribution < 1.29 is 0 Å². The molecule has 1 aromatic carbocycles. The second-order valence-corrected chi connectivity index (χ2v) is 3.74. The van der Waals surface area contributed by atoms with E-state index in [2.05, 4.69) is 35.7 Å². The molecule has 0 aliphatic carbocycles. The first-order valence-electron chi connectivity index (χ1n) is 4.02. The van der Waals surface area contributed by atoms with E-state index in [4.69, 9.17) is 0 Å². The van der Waals surface area contributed by atoms with Crippen LogP contribution in [-0.4, -0.2) is 11.6 Å². The van der Waals surface area contributed by atoms with Crippen molar-refractivity contribution in [3.8, 4) is 0 Å². The topological polar surface area (TPSA) is 12.0 Å². The quantitative estimate of drug-likeness (QED) is 0.706. The lowest BCUT2D eigenvalue weighted by Crippen LogP contribution is -2.03. The maximum atomic E-state index is 3.33. The average molecular weight is 177 g/mol. The Bertz CT molecular complexity index is 271. The number of benzene rings is 1. The van der Waals surface area contributed by atoms with E-state index >= 15 is 0 Å². The number of rotatable bonds is 1. The zero-order chi connectivity index (χ0) is 8.23. The molecule has 0 atom stereocenters. The van der Waals surface area contributed by atoms with Gasteiger partial charge in [0.25, 0.3) is 0 Å². The SMILES string of the molecule is C(=C1CSCN1)c1ccccc1. The molecule has 0 amide bonds. The van der Waals surface area contributed by atoms with E-state index in [0.29, 0.717) is 0 Å². The minimum absolute atomic E-state index is 1.05. The summed E-state index contributed by atoms with van der Waals surface area (Å²) in [6.07, 6.45) is 2.21. The van der Waals surface area contributed by atoms with Crippen LogP contribution in [-0.2, 0) is 0 Å². The summed E-state index contributed by atoms with van der Waals surface area (Å²) >= 11 is 1.92. The minimum atomic E-state index is 1.05. The van der Waals surface area contributed by atoms with Gasteiger partial charge in [0.2, 0.25) is 0 Å². The molecule has 1 aliphatic heterocycles. The highest BCUT2D eigenvalue weighted by Crippen LogP contribution is 2.15. The molecule has 0 bridgehead atoms. The van der Waals surface area contributed by atoms with E-state index in [1.54, 1.807) is 0 Å². The van der Waals surface area contributed by atoms with Crippen LogP contribution in [0.4, 0.5) is 0 Å². The Kier molecular flexibility index (Phi) is 2.37. The van der Waals surface area contributed by atoms with Gasteiger partial charge in [0, 0.05) is 11.4 Å². The normalized spacial score (nSPS) is 19.5. The smallest absolute Gasteiger partial charge is 0.0612 e. The summed E-state index contributed by atoms with van der Waals surface area (Å²) in [5.74, 6) is 2.17. The zero-order valence-electron chi connectivity index (χ0n) is 6.79. The predicted molar refractivity (Wildman–Crippen MR) is 54.9 cm³/mol. The van der Waals surface area contributed by atoms with Crippen LogP contribution < -0.4 is 5.32 Å². The standard InChI is InChI=1S/C10H11NS/c1-2-4-9(5-3-1)6-10-7-12-8-11-10/h1-6,11H,7-8H2. The molecule has 1 aliphatic rings. The van der Waals surface area contributed by atoms with Crippen molar-refractivity contribution >= 4 is 17.8 Å². The van der Waals surface area contributed by atoms with Crippen molar-refractivity contribution in [1.29, 1.82) is 0 Å². The van der Waals surface area contributed by atoms with Gasteiger partial charge in [-0.1, -0.05) is 30.3 Å². The predicted octanol–water partition coefficient (Wildman–Crippen LogP) is 2.32. The van der Waals surface area contributed by atoms with Crippen LogP contribution in [0.2, 0.25) is 0 Å². The first kappa shape index (κ1) is 7.74. The molecule has 0 aromatic heterocycles. The van der Waals surface area contributed by atoms with Gasteiger partial charge >= 0.3 is 0 Å². The summed E-state index contributed by atoms with van der Waals surface area (Å²) in [6, 6.07) is 10.4. The van der Waals surface area contributed by atoms with E-state index < -0.39 is 0 Å². The molecule has 2 heteroatoms. The molecule has 1 nitrogen and oxygen atoms in total. The Balaban J connectivity index is 2.16. The van der Waals surface area contributed by atoms with Crippen LogP contribution in [0, 0.1) is 0 Å². The Morgan fingerprint density at radius 2 is 2.08 bits per heavy atom. The number of nitrogens with one attached hydrogen (secondary N) is 1. The van der Waals surface area contributed by atoms with E-state index in [1.165, 1.54) is 11.3 Å². The van der Waals surface area contributed by atoms with Crippen LogP contribution >= 0.6 is 11.8 Å². The lowest BCUT2D eigenvalue weighted by atomic mass is 10.2. The number of hydrogen-bond acceptors (Lipinski definition) is 2. The van der Waals surface area contributed by atoms with Gasteiger partial charge in [-0.15, -0.1) is 11.8 Å². The second kappa shape index (κ2) is 3.68. The molecule has 0 spiro atoms. The first-order chi connectivity index (χ1) is 5.95. The van der Waals surface area contributed by atoms with Gasteiger partial charge in [-0.05, 0) is 11.6 Å². The molecule has 0 radical (unpaired) electrons. The van der Waals surface area contributed by atoms with Crippen molar-refractivity contribution in [2.75, 3.05) is 11.6 Å². The first-order valence-corrected chi connectivity index (χ1v) is 5.18. The summed E-state index contributed by atoms with van der Waals surface area (Å²) in [6.45, 7) is 0. The van der Waals surface area contributed by atoms with E-state index in [0.717, 1.165) is 11.6 Å². The molecule has 1 heterocycles. The minimum Gasteiger partial charge on any atom is -0.379 e. The average Bonchev–Trinajstić information content (AvgIpc) is 2.59. The van der Waals surface area contributed by atoms with Gasteiger partial charge in [-0.25, -0.2) is 0 Å². The summed E-state index contributed by atoms with van der Waals surface area (Å²) < 4.78 is 0. The Hall–Kier alpha value is -0.890. The van der Waals surface area contributed by atoms with E-state index in [9.17, 15) is 0 Å². The highest BCUT2D eigenvalue weighted by molar-refractivity contribution is 7.99. The third-order valence-electron chi connectivity index (χ3n) is 1.80. The molecule has 12 heavy (non-hydrogen) atoms. The van der Waals surface area contributed by atoms with Gasteiger partial charge in [-0.3, -0.25) is 0 Å². The summed E-state index contributed by atoms with van der Waals surface area (Å²) in [7, 11) is 0. The van der Waals surface area contributed by atoms with Gasteiger partial charge in [-0.2, -0.15) is 0 Å². The Labute approximate surface area is 76.9 Å². The van der Waals surface area contributed by atoms with E-state index in [1.807, 2.05) is 17.8 Å². The van der Waals surface area contributed by atoms with Gasteiger partial charge in [0.15, 0.2) is 0 Å². The van der Waals surface area contributed by atoms with Crippen molar-refractivity contribution in [1.82, 2.24) is 5.32 Å². The monoisotopic (exact) mass is 177 g/mol. The highest BCUT2D eigenvalue weighted by atomic mass is 32.2.